The molecule has 0 saturated heterocycles. The number of benzene rings is 2. The van der Waals surface area contributed by atoms with Crippen molar-refractivity contribution in [3.63, 3.8) is 0 Å². The van der Waals surface area contributed by atoms with Crippen LogP contribution in [0, 0.1) is 11.3 Å². The van der Waals surface area contributed by atoms with E-state index in [0.29, 0.717) is 28.7 Å². The first kappa shape index (κ1) is 18.8. The quantitative estimate of drug-likeness (QED) is 0.709. The molecule has 0 aliphatic rings. The van der Waals surface area contributed by atoms with Crippen molar-refractivity contribution in [3.8, 4) is 17.6 Å². The normalized spacial score (nSPS) is 11.7. The molecule has 0 unspecified atom stereocenters. The Morgan fingerprint density at radius 3 is 2.44 bits per heavy atom. The highest BCUT2D eigenvalue weighted by Gasteiger charge is 2.21. The SMILES string of the molecule is CCOc1cc(/C=C(\C#N)S(=O)(=O)c2ccc(Cl)cc2)ccc1OC. The number of nitrogens with zero attached hydrogens (tertiary/aromatic N) is 1. The van der Waals surface area contributed by atoms with Gasteiger partial charge >= 0.3 is 0 Å². The van der Waals surface area contributed by atoms with Crippen molar-refractivity contribution in [2.24, 2.45) is 0 Å². The van der Waals surface area contributed by atoms with E-state index in [1.807, 2.05) is 6.92 Å². The third-order valence-corrected chi connectivity index (χ3v) is 5.24. The highest BCUT2D eigenvalue weighted by atomic mass is 35.5. The van der Waals surface area contributed by atoms with E-state index < -0.39 is 9.84 Å². The maximum absolute atomic E-state index is 12.6. The van der Waals surface area contributed by atoms with Crippen LogP contribution in [0.3, 0.4) is 0 Å². The summed E-state index contributed by atoms with van der Waals surface area (Å²) in [5, 5.41) is 9.75. The van der Waals surface area contributed by atoms with E-state index in [1.54, 1.807) is 24.3 Å². The summed E-state index contributed by atoms with van der Waals surface area (Å²) in [4.78, 5) is -0.370. The van der Waals surface area contributed by atoms with Gasteiger partial charge in [0.25, 0.3) is 0 Å². The first-order valence-electron chi connectivity index (χ1n) is 7.35. The van der Waals surface area contributed by atoms with Gasteiger partial charge in [-0.25, -0.2) is 8.42 Å². The highest BCUT2D eigenvalue weighted by molar-refractivity contribution is 7.95. The molecule has 25 heavy (non-hydrogen) atoms. The Labute approximate surface area is 152 Å². The molecule has 2 aromatic rings. The number of ether oxygens (including phenoxy) is 2. The summed E-state index contributed by atoms with van der Waals surface area (Å²) in [5.74, 6) is 0.998. The summed E-state index contributed by atoms with van der Waals surface area (Å²) in [6, 6.07) is 12.3. The summed E-state index contributed by atoms with van der Waals surface area (Å²) in [5.41, 5.74) is 0.512. The minimum Gasteiger partial charge on any atom is -0.493 e. The van der Waals surface area contributed by atoms with Crippen molar-refractivity contribution in [2.45, 2.75) is 11.8 Å². The predicted octanol–water partition coefficient (Wildman–Crippen LogP) is 4.09. The average molecular weight is 378 g/mol. The molecule has 130 valence electrons. The van der Waals surface area contributed by atoms with Gasteiger partial charge in [0.1, 0.15) is 11.0 Å². The number of methoxy groups -OCH3 is 1. The Balaban J connectivity index is 2.48. The topological polar surface area (TPSA) is 76.4 Å². The smallest absolute Gasteiger partial charge is 0.216 e. The fourth-order valence-corrected chi connectivity index (χ4v) is 3.40. The highest BCUT2D eigenvalue weighted by Crippen LogP contribution is 2.30. The van der Waals surface area contributed by atoms with Gasteiger partial charge in [0, 0.05) is 5.02 Å². The van der Waals surface area contributed by atoms with E-state index >= 15 is 0 Å². The van der Waals surface area contributed by atoms with Crippen molar-refractivity contribution in [1.82, 2.24) is 0 Å². The summed E-state index contributed by atoms with van der Waals surface area (Å²) in [7, 11) is -2.42. The maximum atomic E-state index is 12.6. The van der Waals surface area contributed by atoms with Crippen LogP contribution >= 0.6 is 11.6 Å². The molecule has 0 spiro atoms. The van der Waals surface area contributed by atoms with Crippen molar-refractivity contribution in [1.29, 1.82) is 5.26 Å². The number of halogens is 1. The third kappa shape index (κ3) is 4.32. The molecule has 0 saturated carbocycles. The van der Waals surface area contributed by atoms with E-state index in [-0.39, 0.29) is 9.80 Å². The molecule has 0 heterocycles. The fourth-order valence-electron chi connectivity index (χ4n) is 2.11. The Kier molecular flexibility index (Phi) is 6.07. The number of rotatable bonds is 6. The number of hydrogen-bond acceptors (Lipinski definition) is 5. The Hall–Kier alpha value is -2.49. The van der Waals surface area contributed by atoms with Gasteiger partial charge in [-0.15, -0.1) is 0 Å². The Bertz CT molecular complexity index is 929. The molecule has 0 amide bonds. The predicted molar refractivity (Wildman–Crippen MR) is 96.4 cm³/mol. The van der Waals surface area contributed by atoms with Gasteiger partial charge in [0.05, 0.1) is 18.6 Å². The van der Waals surface area contributed by atoms with Crippen LogP contribution in [0.4, 0.5) is 0 Å². The first-order chi connectivity index (χ1) is 11.9. The summed E-state index contributed by atoms with van der Waals surface area (Å²) in [6.07, 6.45) is 1.30. The molecule has 0 aromatic heterocycles. The van der Waals surface area contributed by atoms with Gasteiger partial charge < -0.3 is 9.47 Å². The molecular weight excluding hydrogens is 362 g/mol. The zero-order chi connectivity index (χ0) is 18.4. The molecule has 0 N–H and O–H groups in total. The number of allylic oxidation sites excluding steroid dienone is 1. The van der Waals surface area contributed by atoms with Gasteiger partial charge in [-0.3, -0.25) is 0 Å². The zero-order valence-electron chi connectivity index (χ0n) is 13.7. The molecule has 0 atom stereocenters. The number of sulfone groups is 1. The van der Waals surface area contributed by atoms with Crippen LogP contribution in [-0.4, -0.2) is 22.1 Å². The van der Waals surface area contributed by atoms with Crippen LogP contribution in [-0.2, 0) is 9.84 Å². The lowest BCUT2D eigenvalue weighted by Crippen LogP contribution is -2.03. The van der Waals surface area contributed by atoms with Crippen LogP contribution in [0.15, 0.2) is 52.3 Å². The third-order valence-electron chi connectivity index (χ3n) is 3.31. The van der Waals surface area contributed by atoms with E-state index in [4.69, 9.17) is 21.1 Å². The molecule has 0 radical (unpaired) electrons. The van der Waals surface area contributed by atoms with E-state index in [2.05, 4.69) is 0 Å². The minimum absolute atomic E-state index is 0.00300. The second kappa shape index (κ2) is 8.06. The van der Waals surface area contributed by atoms with Gasteiger partial charge in [0.2, 0.25) is 9.84 Å². The molecule has 5 nitrogen and oxygen atoms in total. The minimum atomic E-state index is -3.94. The average Bonchev–Trinajstić information content (AvgIpc) is 2.60. The zero-order valence-corrected chi connectivity index (χ0v) is 15.3. The monoisotopic (exact) mass is 377 g/mol. The van der Waals surface area contributed by atoms with Crippen LogP contribution in [0.2, 0.25) is 5.02 Å². The maximum Gasteiger partial charge on any atom is 0.216 e. The van der Waals surface area contributed by atoms with Crippen molar-refractivity contribution in [2.75, 3.05) is 13.7 Å². The van der Waals surface area contributed by atoms with Crippen molar-refractivity contribution < 1.29 is 17.9 Å². The van der Waals surface area contributed by atoms with Crippen LogP contribution < -0.4 is 9.47 Å². The molecule has 0 bridgehead atoms. The summed E-state index contributed by atoms with van der Waals surface area (Å²) >= 11 is 5.78. The van der Waals surface area contributed by atoms with Crippen molar-refractivity contribution >= 4 is 27.5 Å². The van der Waals surface area contributed by atoms with Gasteiger partial charge in [0.15, 0.2) is 11.5 Å². The van der Waals surface area contributed by atoms with Crippen molar-refractivity contribution in [3.05, 3.63) is 58.0 Å². The number of hydrogen-bond donors (Lipinski definition) is 0. The van der Waals surface area contributed by atoms with Crippen LogP contribution in [0.25, 0.3) is 6.08 Å². The van der Waals surface area contributed by atoms with Gasteiger partial charge in [-0.05, 0) is 55.0 Å². The standard InChI is InChI=1S/C18H16ClNO4S/c1-3-24-18-11-13(4-9-17(18)23-2)10-16(12-20)25(21,22)15-7-5-14(19)6-8-15/h4-11H,3H2,1-2H3/b16-10+. The lowest BCUT2D eigenvalue weighted by atomic mass is 10.2. The second-order valence-corrected chi connectivity index (χ2v) is 7.28. The van der Waals surface area contributed by atoms with Gasteiger partial charge in [-0.1, -0.05) is 17.7 Å². The van der Waals surface area contributed by atoms with E-state index in [1.165, 1.54) is 37.5 Å². The largest absolute Gasteiger partial charge is 0.493 e. The molecule has 0 aliphatic carbocycles. The molecule has 2 aromatic carbocycles. The molecule has 7 heteroatoms. The fraction of sp³-hybridized carbons (Fsp3) is 0.167. The summed E-state index contributed by atoms with van der Waals surface area (Å²) in [6.45, 7) is 2.26. The van der Waals surface area contributed by atoms with Crippen LogP contribution in [0.5, 0.6) is 11.5 Å². The van der Waals surface area contributed by atoms with E-state index in [9.17, 15) is 13.7 Å². The lowest BCUT2D eigenvalue weighted by molar-refractivity contribution is 0.311. The lowest BCUT2D eigenvalue weighted by Gasteiger charge is -2.10. The summed E-state index contributed by atoms with van der Waals surface area (Å²) < 4.78 is 35.9. The van der Waals surface area contributed by atoms with Gasteiger partial charge in [-0.2, -0.15) is 5.26 Å². The Morgan fingerprint density at radius 2 is 1.88 bits per heavy atom. The number of nitriles is 1. The Morgan fingerprint density at radius 1 is 1.20 bits per heavy atom. The molecule has 2 rings (SSSR count). The molecular formula is C18H16ClNO4S. The first-order valence-corrected chi connectivity index (χ1v) is 9.21. The molecule has 0 aliphatic heterocycles. The molecule has 0 fully saturated rings. The second-order valence-electron chi connectivity index (χ2n) is 4.92. The van der Waals surface area contributed by atoms with Crippen LogP contribution in [0.1, 0.15) is 12.5 Å². The van der Waals surface area contributed by atoms with E-state index in [0.717, 1.165) is 0 Å².